The van der Waals surface area contributed by atoms with Gasteiger partial charge in [-0.25, -0.2) is 0 Å². The van der Waals surface area contributed by atoms with E-state index >= 15 is 0 Å². The van der Waals surface area contributed by atoms with E-state index in [1.807, 2.05) is 24.3 Å². The second kappa shape index (κ2) is 6.36. The van der Waals surface area contributed by atoms with Crippen LogP contribution >= 0.6 is 0 Å². The van der Waals surface area contributed by atoms with Gasteiger partial charge >= 0.3 is 5.97 Å². The molecule has 0 aliphatic heterocycles. The summed E-state index contributed by atoms with van der Waals surface area (Å²) < 4.78 is 0. The van der Waals surface area contributed by atoms with Crippen molar-refractivity contribution in [3.8, 4) is 0 Å². The van der Waals surface area contributed by atoms with Crippen molar-refractivity contribution >= 4 is 22.8 Å². The van der Waals surface area contributed by atoms with Crippen molar-refractivity contribution in [1.82, 2.24) is 9.88 Å². The largest absolute Gasteiger partial charge is 0.481 e. The number of pyridine rings is 1. The van der Waals surface area contributed by atoms with Gasteiger partial charge in [0.1, 0.15) is 0 Å². The minimum Gasteiger partial charge on any atom is -0.481 e. The van der Waals surface area contributed by atoms with E-state index < -0.39 is 5.97 Å². The topological polar surface area (TPSA) is 70.5 Å². The highest BCUT2D eigenvalue weighted by molar-refractivity contribution is 6.07. The third-order valence-corrected chi connectivity index (χ3v) is 4.36. The number of aromatic nitrogens is 1. The molecule has 5 nitrogen and oxygen atoms in total. The van der Waals surface area contributed by atoms with E-state index in [0.29, 0.717) is 13.0 Å². The lowest BCUT2D eigenvalue weighted by molar-refractivity contribution is -0.137. The quantitative estimate of drug-likeness (QED) is 0.921. The molecule has 1 N–H and O–H groups in total. The van der Waals surface area contributed by atoms with Crippen LogP contribution in [0.25, 0.3) is 10.9 Å². The van der Waals surface area contributed by atoms with E-state index in [-0.39, 0.29) is 12.3 Å². The maximum absolute atomic E-state index is 12.9. The number of carbonyl (C=O) groups is 2. The molecule has 0 unspecified atom stereocenters. The molecule has 0 saturated carbocycles. The second-order valence-corrected chi connectivity index (χ2v) is 6.01. The molecule has 2 aromatic rings. The first-order valence-electron chi connectivity index (χ1n) is 7.95. The summed E-state index contributed by atoms with van der Waals surface area (Å²) in [5, 5.41) is 9.63. The molecule has 0 fully saturated rings. The summed E-state index contributed by atoms with van der Waals surface area (Å²) in [6, 6.07) is 7.74. The Labute approximate surface area is 134 Å². The molecule has 0 atom stereocenters. The number of para-hydroxylation sites is 1. The number of aliphatic carboxylic acids is 1. The van der Waals surface area contributed by atoms with E-state index in [2.05, 4.69) is 0 Å². The smallest absolute Gasteiger partial charge is 0.303 e. The van der Waals surface area contributed by atoms with Gasteiger partial charge in [-0.1, -0.05) is 18.2 Å². The Morgan fingerprint density at radius 3 is 2.83 bits per heavy atom. The minimum atomic E-state index is -0.832. The number of aryl methyl sites for hydroxylation is 1. The maximum atomic E-state index is 12.9. The van der Waals surface area contributed by atoms with E-state index in [1.54, 1.807) is 11.9 Å². The van der Waals surface area contributed by atoms with Gasteiger partial charge in [-0.3, -0.25) is 14.6 Å². The Balaban J connectivity index is 1.95. The molecule has 0 bridgehead atoms. The second-order valence-electron chi connectivity index (χ2n) is 6.01. The number of amides is 1. The molecule has 1 aromatic carbocycles. The molecule has 1 aromatic heterocycles. The molecule has 0 saturated heterocycles. The van der Waals surface area contributed by atoms with Gasteiger partial charge in [0.2, 0.25) is 0 Å². The Morgan fingerprint density at radius 2 is 2.04 bits per heavy atom. The summed E-state index contributed by atoms with van der Waals surface area (Å²) in [4.78, 5) is 29.9. The summed E-state index contributed by atoms with van der Waals surface area (Å²) in [6.45, 7) is 0.441. The van der Waals surface area contributed by atoms with E-state index in [9.17, 15) is 9.59 Å². The molecule has 1 heterocycles. The highest BCUT2D eigenvalue weighted by Crippen LogP contribution is 2.30. The molecule has 0 radical (unpaired) electrons. The van der Waals surface area contributed by atoms with Crippen LogP contribution in [0.4, 0.5) is 0 Å². The molecule has 120 valence electrons. The van der Waals surface area contributed by atoms with Crippen molar-refractivity contribution in [1.29, 1.82) is 0 Å². The zero-order valence-corrected chi connectivity index (χ0v) is 13.2. The van der Waals surface area contributed by atoms with Gasteiger partial charge in [-0.15, -0.1) is 0 Å². The van der Waals surface area contributed by atoms with Crippen LogP contribution in [0.15, 0.2) is 24.3 Å². The predicted octanol–water partition coefficient (Wildman–Crippen LogP) is 2.66. The number of carboxylic acid groups (broad SMARTS) is 1. The fourth-order valence-electron chi connectivity index (χ4n) is 3.22. The summed E-state index contributed by atoms with van der Waals surface area (Å²) >= 11 is 0. The molecule has 1 amide bonds. The molecular formula is C18H20N2O3. The number of fused-ring (bicyclic) bond motifs is 2. The van der Waals surface area contributed by atoms with Crippen LogP contribution < -0.4 is 0 Å². The molecule has 3 rings (SSSR count). The van der Waals surface area contributed by atoms with Crippen molar-refractivity contribution in [2.24, 2.45) is 0 Å². The van der Waals surface area contributed by atoms with E-state index in [0.717, 1.165) is 47.0 Å². The molecule has 0 spiro atoms. The lowest BCUT2D eigenvalue weighted by Crippen LogP contribution is -2.29. The summed E-state index contributed by atoms with van der Waals surface area (Å²) in [5.41, 5.74) is 3.71. The zero-order valence-electron chi connectivity index (χ0n) is 13.2. The molecule has 5 heteroatoms. The average Bonchev–Trinajstić information content (AvgIpc) is 2.99. The number of rotatable bonds is 5. The number of hydrogen-bond acceptors (Lipinski definition) is 3. The van der Waals surface area contributed by atoms with Gasteiger partial charge in [0, 0.05) is 31.1 Å². The van der Waals surface area contributed by atoms with Crippen LogP contribution in [0.1, 0.15) is 40.9 Å². The first-order chi connectivity index (χ1) is 11.1. The molecule has 1 aliphatic rings. The first-order valence-corrected chi connectivity index (χ1v) is 7.95. The van der Waals surface area contributed by atoms with Gasteiger partial charge in [-0.05, 0) is 37.3 Å². The zero-order chi connectivity index (χ0) is 16.4. The van der Waals surface area contributed by atoms with Crippen LogP contribution in [0.3, 0.4) is 0 Å². The van der Waals surface area contributed by atoms with Crippen molar-refractivity contribution in [2.45, 2.75) is 32.1 Å². The Hall–Kier alpha value is -2.43. The fraction of sp³-hybridized carbons (Fsp3) is 0.389. The van der Waals surface area contributed by atoms with E-state index in [4.69, 9.17) is 10.1 Å². The minimum absolute atomic E-state index is 0.0351. The third kappa shape index (κ3) is 3.04. The normalized spacial score (nSPS) is 13.1. The summed E-state index contributed by atoms with van der Waals surface area (Å²) in [7, 11) is 1.74. The average molecular weight is 312 g/mol. The lowest BCUT2D eigenvalue weighted by atomic mass is 10.00. The third-order valence-electron chi connectivity index (χ3n) is 4.36. The van der Waals surface area contributed by atoms with Crippen LogP contribution in [0.5, 0.6) is 0 Å². The first kappa shape index (κ1) is 15.5. The Bertz CT molecular complexity index is 770. The fourth-order valence-corrected chi connectivity index (χ4v) is 3.22. The monoisotopic (exact) mass is 312 g/mol. The van der Waals surface area contributed by atoms with Crippen LogP contribution in [-0.2, 0) is 17.6 Å². The highest BCUT2D eigenvalue weighted by Gasteiger charge is 2.25. The summed E-state index contributed by atoms with van der Waals surface area (Å²) in [5.74, 6) is -0.867. The lowest BCUT2D eigenvalue weighted by Gasteiger charge is -2.20. The Kier molecular flexibility index (Phi) is 4.28. The Morgan fingerprint density at radius 1 is 1.26 bits per heavy atom. The van der Waals surface area contributed by atoms with Crippen molar-refractivity contribution in [3.63, 3.8) is 0 Å². The molecule has 1 aliphatic carbocycles. The van der Waals surface area contributed by atoms with Gasteiger partial charge in [-0.2, -0.15) is 0 Å². The standard InChI is InChI=1S/C18H20N2O3/c1-20(11-5-10-16(21)22)18(23)17-12-6-2-3-8-14(12)19-15-9-4-7-13(15)17/h2-3,6,8H,4-5,7,9-11H2,1H3,(H,21,22). The summed E-state index contributed by atoms with van der Waals surface area (Å²) in [6.07, 6.45) is 3.37. The van der Waals surface area contributed by atoms with Crippen LogP contribution in [0, 0.1) is 0 Å². The van der Waals surface area contributed by atoms with Gasteiger partial charge in [0.25, 0.3) is 5.91 Å². The maximum Gasteiger partial charge on any atom is 0.303 e. The van der Waals surface area contributed by atoms with Crippen molar-refractivity contribution < 1.29 is 14.7 Å². The number of carbonyl (C=O) groups excluding carboxylic acids is 1. The molecular weight excluding hydrogens is 292 g/mol. The van der Waals surface area contributed by atoms with Crippen LogP contribution in [-0.4, -0.2) is 40.5 Å². The highest BCUT2D eigenvalue weighted by atomic mass is 16.4. The number of nitrogens with zero attached hydrogens (tertiary/aromatic N) is 2. The van der Waals surface area contributed by atoms with Crippen molar-refractivity contribution in [2.75, 3.05) is 13.6 Å². The SMILES string of the molecule is CN(CCCC(=O)O)C(=O)c1c2c(nc3ccccc13)CCC2. The number of benzene rings is 1. The van der Waals surface area contributed by atoms with Gasteiger partial charge in [0.15, 0.2) is 0 Å². The predicted molar refractivity (Wildman–Crippen MR) is 87.6 cm³/mol. The van der Waals surface area contributed by atoms with Crippen LogP contribution in [0.2, 0.25) is 0 Å². The van der Waals surface area contributed by atoms with Crippen molar-refractivity contribution in [3.05, 3.63) is 41.1 Å². The van der Waals surface area contributed by atoms with E-state index in [1.165, 1.54) is 0 Å². The number of carboxylic acids is 1. The number of hydrogen-bond donors (Lipinski definition) is 1. The van der Waals surface area contributed by atoms with Gasteiger partial charge < -0.3 is 10.0 Å². The molecule has 23 heavy (non-hydrogen) atoms. The van der Waals surface area contributed by atoms with Gasteiger partial charge in [0.05, 0.1) is 11.1 Å².